The first-order valence-corrected chi connectivity index (χ1v) is 8.07. The average Bonchev–Trinajstić information content (AvgIpc) is 2.45. The molecule has 2 aromatic carbocycles. The summed E-state index contributed by atoms with van der Waals surface area (Å²) < 4.78 is 41.3. The normalized spacial score (nSPS) is 10.9. The van der Waals surface area contributed by atoms with E-state index in [4.69, 9.17) is 20.7 Å². The monoisotopic (exact) mass is 325 g/mol. The maximum absolute atomic E-state index is 13.1. The molecule has 0 aromatic heterocycles. The Kier molecular flexibility index (Phi) is 4.46. The van der Waals surface area contributed by atoms with Gasteiger partial charge < -0.3 is 4.74 Å². The molecule has 0 fully saturated rings. The van der Waals surface area contributed by atoms with E-state index in [0.29, 0.717) is 11.1 Å². The summed E-state index contributed by atoms with van der Waals surface area (Å²) in [6.07, 6.45) is 0. The van der Waals surface area contributed by atoms with Gasteiger partial charge in [-0.05, 0) is 35.9 Å². The zero-order chi connectivity index (χ0) is 15.5. The first kappa shape index (κ1) is 15.3. The first-order chi connectivity index (χ1) is 9.90. The Balaban J connectivity index is 2.26. The van der Waals surface area contributed by atoms with E-state index >= 15 is 0 Å². The number of hydrogen-bond donors (Lipinski definition) is 0. The number of nitriles is 1. The Bertz CT molecular complexity index is 815. The van der Waals surface area contributed by atoms with E-state index in [1.807, 2.05) is 6.07 Å². The summed E-state index contributed by atoms with van der Waals surface area (Å²) in [5, 5.41) is 8.80. The van der Waals surface area contributed by atoms with Gasteiger partial charge in [0.05, 0.1) is 11.6 Å². The molecular weight excluding hydrogens is 317 g/mol. The van der Waals surface area contributed by atoms with Crippen LogP contribution in [-0.4, -0.2) is 8.42 Å². The summed E-state index contributed by atoms with van der Waals surface area (Å²) in [4.78, 5) is -0.430. The van der Waals surface area contributed by atoms with E-state index in [9.17, 15) is 12.8 Å². The van der Waals surface area contributed by atoms with Gasteiger partial charge in [-0.3, -0.25) is 0 Å². The zero-order valence-corrected chi connectivity index (χ0v) is 12.2. The molecule has 0 N–H and O–H groups in total. The van der Waals surface area contributed by atoms with Gasteiger partial charge in [-0.2, -0.15) is 5.26 Å². The van der Waals surface area contributed by atoms with Crippen molar-refractivity contribution in [2.24, 2.45) is 0 Å². The molecule has 0 saturated heterocycles. The number of rotatable bonds is 4. The lowest BCUT2D eigenvalue weighted by molar-refractivity contribution is 0.297. The van der Waals surface area contributed by atoms with Crippen LogP contribution in [0.2, 0.25) is 0 Å². The molecule has 0 spiro atoms. The highest BCUT2D eigenvalue weighted by molar-refractivity contribution is 8.13. The highest BCUT2D eigenvalue weighted by Gasteiger charge is 2.18. The SMILES string of the molecule is N#Cc1cccc(COc2ccc(F)cc2S(=O)(=O)Cl)c1. The molecule has 0 radical (unpaired) electrons. The minimum Gasteiger partial charge on any atom is -0.487 e. The van der Waals surface area contributed by atoms with Gasteiger partial charge in [0.15, 0.2) is 0 Å². The summed E-state index contributed by atoms with van der Waals surface area (Å²) in [5.41, 5.74) is 1.14. The van der Waals surface area contributed by atoms with Crippen LogP contribution in [0.15, 0.2) is 47.4 Å². The first-order valence-electron chi connectivity index (χ1n) is 5.76. The Morgan fingerprint density at radius 1 is 1.24 bits per heavy atom. The van der Waals surface area contributed by atoms with Crippen molar-refractivity contribution in [3.63, 3.8) is 0 Å². The molecule has 0 aliphatic rings. The van der Waals surface area contributed by atoms with Crippen molar-refractivity contribution < 1.29 is 17.5 Å². The Labute approximate surface area is 125 Å². The molecule has 0 heterocycles. The summed E-state index contributed by atoms with van der Waals surface area (Å²) in [5.74, 6) is -0.776. The van der Waals surface area contributed by atoms with E-state index in [1.165, 1.54) is 6.07 Å². The van der Waals surface area contributed by atoms with E-state index < -0.39 is 19.8 Å². The van der Waals surface area contributed by atoms with E-state index in [1.54, 1.807) is 24.3 Å². The van der Waals surface area contributed by atoms with Crippen molar-refractivity contribution in [3.8, 4) is 11.8 Å². The fourth-order valence-corrected chi connectivity index (χ4v) is 2.67. The van der Waals surface area contributed by atoms with Crippen LogP contribution in [-0.2, 0) is 15.7 Å². The molecule has 0 amide bonds. The number of hydrogen-bond acceptors (Lipinski definition) is 4. The molecule has 21 heavy (non-hydrogen) atoms. The largest absolute Gasteiger partial charge is 0.487 e. The average molecular weight is 326 g/mol. The van der Waals surface area contributed by atoms with Crippen LogP contribution in [0.5, 0.6) is 5.75 Å². The van der Waals surface area contributed by atoms with Crippen molar-refractivity contribution in [2.45, 2.75) is 11.5 Å². The highest BCUT2D eigenvalue weighted by atomic mass is 35.7. The van der Waals surface area contributed by atoms with Gasteiger partial charge in [0.1, 0.15) is 23.1 Å². The third-order valence-electron chi connectivity index (χ3n) is 2.62. The van der Waals surface area contributed by atoms with Gasteiger partial charge >= 0.3 is 0 Å². The molecule has 0 saturated carbocycles. The van der Waals surface area contributed by atoms with Crippen LogP contribution in [0.3, 0.4) is 0 Å². The molecule has 0 bridgehead atoms. The number of halogens is 2. The third kappa shape index (κ3) is 3.94. The Hall–Kier alpha value is -2.10. The third-order valence-corrected chi connectivity index (χ3v) is 3.96. The minimum absolute atomic E-state index is 0.0283. The summed E-state index contributed by atoms with van der Waals surface area (Å²) in [6, 6.07) is 11.7. The Morgan fingerprint density at radius 3 is 2.67 bits per heavy atom. The molecular formula is C14H9ClFNO3S. The van der Waals surface area contributed by atoms with Crippen LogP contribution in [0, 0.1) is 17.1 Å². The topological polar surface area (TPSA) is 67.2 Å². The van der Waals surface area contributed by atoms with E-state index in [0.717, 1.165) is 12.1 Å². The fourth-order valence-electron chi connectivity index (χ4n) is 1.68. The van der Waals surface area contributed by atoms with Gasteiger partial charge in [-0.25, -0.2) is 12.8 Å². The standard InChI is InChI=1S/C14H9ClFNO3S/c15-21(18,19)14-7-12(16)4-5-13(14)20-9-11-3-1-2-10(6-11)8-17/h1-7H,9H2. The summed E-state index contributed by atoms with van der Waals surface area (Å²) in [6.45, 7) is 0.0283. The molecule has 108 valence electrons. The number of benzene rings is 2. The predicted molar refractivity (Wildman–Crippen MR) is 74.9 cm³/mol. The lowest BCUT2D eigenvalue weighted by Crippen LogP contribution is -2.01. The molecule has 0 atom stereocenters. The molecule has 4 nitrogen and oxygen atoms in total. The van der Waals surface area contributed by atoms with Crippen LogP contribution < -0.4 is 4.74 Å². The zero-order valence-electron chi connectivity index (χ0n) is 10.6. The predicted octanol–water partition coefficient (Wildman–Crippen LogP) is 3.20. The van der Waals surface area contributed by atoms with Crippen molar-refractivity contribution in [1.29, 1.82) is 5.26 Å². The maximum Gasteiger partial charge on any atom is 0.265 e. The summed E-state index contributed by atoms with van der Waals surface area (Å²) >= 11 is 0. The Morgan fingerprint density at radius 2 is 2.00 bits per heavy atom. The molecule has 2 rings (SSSR count). The lowest BCUT2D eigenvalue weighted by atomic mass is 10.1. The van der Waals surface area contributed by atoms with Crippen molar-refractivity contribution in [2.75, 3.05) is 0 Å². The van der Waals surface area contributed by atoms with E-state index in [2.05, 4.69) is 0 Å². The smallest absolute Gasteiger partial charge is 0.265 e. The van der Waals surface area contributed by atoms with Crippen LogP contribution >= 0.6 is 10.7 Å². The molecule has 2 aromatic rings. The lowest BCUT2D eigenvalue weighted by Gasteiger charge is -2.10. The van der Waals surface area contributed by atoms with Gasteiger partial charge in [0.25, 0.3) is 9.05 Å². The molecule has 0 unspecified atom stereocenters. The quantitative estimate of drug-likeness (QED) is 0.810. The van der Waals surface area contributed by atoms with Gasteiger partial charge in [0, 0.05) is 10.7 Å². The maximum atomic E-state index is 13.1. The summed E-state index contributed by atoms with van der Waals surface area (Å²) in [7, 11) is 1.13. The van der Waals surface area contributed by atoms with E-state index in [-0.39, 0.29) is 12.4 Å². The van der Waals surface area contributed by atoms with Crippen molar-refractivity contribution in [1.82, 2.24) is 0 Å². The van der Waals surface area contributed by atoms with Crippen LogP contribution in [0.4, 0.5) is 4.39 Å². The highest BCUT2D eigenvalue weighted by Crippen LogP contribution is 2.28. The van der Waals surface area contributed by atoms with Gasteiger partial charge in [0.2, 0.25) is 0 Å². The molecule has 0 aliphatic heterocycles. The molecule has 0 aliphatic carbocycles. The van der Waals surface area contributed by atoms with Crippen molar-refractivity contribution >= 4 is 19.7 Å². The fraction of sp³-hybridized carbons (Fsp3) is 0.0714. The van der Waals surface area contributed by atoms with Crippen LogP contribution in [0.1, 0.15) is 11.1 Å². The molecule has 7 heteroatoms. The number of ether oxygens (including phenoxy) is 1. The van der Waals surface area contributed by atoms with Crippen molar-refractivity contribution in [3.05, 3.63) is 59.4 Å². The van der Waals surface area contributed by atoms with Crippen LogP contribution in [0.25, 0.3) is 0 Å². The second kappa shape index (κ2) is 6.12. The second-order valence-electron chi connectivity index (χ2n) is 4.13. The number of nitrogens with zero attached hydrogens (tertiary/aromatic N) is 1. The minimum atomic E-state index is -4.12. The second-order valence-corrected chi connectivity index (χ2v) is 6.66. The van der Waals surface area contributed by atoms with Gasteiger partial charge in [-0.15, -0.1) is 0 Å². The van der Waals surface area contributed by atoms with Gasteiger partial charge in [-0.1, -0.05) is 12.1 Å².